The zero-order valence-corrected chi connectivity index (χ0v) is 21.1. The van der Waals surface area contributed by atoms with E-state index in [1.54, 1.807) is 19.3 Å². The Hall–Kier alpha value is -2.84. The summed E-state index contributed by atoms with van der Waals surface area (Å²) in [6.45, 7) is 7.65. The zero-order chi connectivity index (χ0) is 23.7. The maximum atomic E-state index is 12.3. The summed E-state index contributed by atoms with van der Waals surface area (Å²) in [4.78, 5) is 23.6. The van der Waals surface area contributed by atoms with Crippen LogP contribution in [0.15, 0.2) is 51.7 Å². The number of rotatable bonds is 7. The Morgan fingerprint density at radius 3 is 2.74 bits per heavy atom. The number of hydrogen-bond donors (Lipinski definition) is 0. The molecule has 1 aromatic carbocycles. The third-order valence-corrected chi connectivity index (χ3v) is 7.44. The number of carbonyl (C=O) groups is 1. The number of fused-ring (bicyclic) bond motifs is 1. The number of halogens is 1. The van der Waals surface area contributed by atoms with Gasteiger partial charge in [0.05, 0.1) is 5.52 Å². The van der Waals surface area contributed by atoms with Crippen molar-refractivity contribution in [2.24, 2.45) is 0 Å². The van der Waals surface area contributed by atoms with E-state index < -0.39 is 0 Å². The molecule has 0 saturated carbocycles. The predicted molar refractivity (Wildman–Crippen MR) is 135 cm³/mol. The van der Waals surface area contributed by atoms with Gasteiger partial charge in [-0.05, 0) is 86.9 Å². The normalized spacial score (nSPS) is 15.3. The minimum absolute atomic E-state index is 0.120. The molecule has 4 aromatic rings. The lowest BCUT2D eigenvalue weighted by Crippen LogP contribution is -2.34. The summed E-state index contributed by atoms with van der Waals surface area (Å²) in [5.74, 6) is 1.76. The number of ketones is 1. The summed E-state index contributed by atoms with van der Waals surface area (Å²) in [5.41, 5.74) is 3.88. The van der Waals surface area contributed by atoms with E-state index in [0.717, 1.165) is 83.5 Å². The number of Topliss-reactive ketones (excluding diaryl/α,β-unsaturated/α-hetero) is 1. The molecule has 34 heavy (non-hydrogen) atoms. The number of aromatic nitrogens is 4. The molecule has 0 N–H and O–H groups in total. The van der Waals surface area contributed by atoms with Crippen LogP contribution in [0.5, 0.6) is 0 Å². The molecule has 0 aliphatic carbocycles. The molecule has 1 fully saturated rings. The van der Waals surface area contributed by atoms with Crippen molar-refractivity contribution < 1.29 is 9.32 Å². The van der Waals surface area contributed by atoms with Crippen molar-refractivity contribution in [3.05, 3.63) is 64.3 Å². The molecule has 1 aliphatic heterocycles. The molecular weight excluding hydrogens is 494 g/mol. The first kappa shape index (κ1) is 22.9. The third kappa shape index (κ3) is 4.44. The molecule has 1 aliphatic rings. The Bertz CT molecular complexity index is 1310. The van der Waals surface area contributed by atoms with Crippen LogP contribution in [0.4, 0.5) is 0 Å². The maximum absolute atomic E-state index is 12.3. The van der Waals surface area contributed by atoms with Crippen molar-refractivity contribution in [1.29, 1.82) is 0 Å². The highest BCUT2D eigenvalue weighted by molar-refractivity contribution is 9.10. The Balaban J connectivity index is 1.19. The van der Waals surface area contributed by atoms with Crippen LogP contribution in [-0.4, -0.2) is 50.0 Å². The highest BCUT2D eigenvalue weighted by Crippen LogP contribution is 2.32. The van der Waals surface area contributed by atoms with E-state index in [9.17, 15) is 4.79 Å². The minimum Gasteiger partial charge on any atom is -0.343 e. The van der Waals surface area contributed by atoms with Crippen molar-refractivity contribution in [3.8, 4) is 11.4 Å². The fourth-order valence-corrected chi connectivity index (χ4v) is 5.66. The van der Waals surface area contributed by atoms with Gasteiger partial charge in [-0.1, -0.05) is 17.3 Å². The van der Waals surface area contributed by atoms with Crippen LogP contribution >= 0.6 is 15.9 Å². The van der Waals surface area contributed by atoms with Gasteiger partial charge < -0.3 is 14.0 Å². The van der Waals surface area contributed by atoms with Crippen molar-refractivity contribution >= 4 is 32.6 Å². The number of hydrogen-bond acceptors (Lipinski definition) is 6. The molecule has 0 bridgehead atoms. The molecular formula is C26H28BrN5O2. The SMILES string of the molecule is CC(=O)c1c(C)n(CCCN2CCC(c3nc(-c4cccnc4)no3)CC2)c2c(Br)cccc12. The van der Waals surface area contributed by atoms with Crippen molar-refractivity contribution in [2.45, 2.75) is 45.6 Å². The average Bonchev–Trinajstić information content (AvgIpc) is 3.44. The van der Waals surface area contributed by atoms with Gasteiger partial charge in [0.25, 0.3) is 0 Å². The van der Waals surface area contributed by atoms with E-state index in [4.69, 9.17) is 4.52 Å². The predicted octanol–water partition coefficient (Wildman–Crippen LogP) is 5.63. The second-order valence-electron chi connectivity index (χ2n) is 8.97. The summed E-state index contributed by atoms with van der Waals surface area (Å²) in [6.07, 6.45) is 6.55. The van der Waals surface area contributed by atoms with Gasteiger partial charge in [0.1, 0.15) is 0 Å². The van der Waals surface area contributed by atoms with E-state index in [1.165, 1.54) is 0 Å². The number of aryl methyl sites for hydroxylation is 1. The lowest BCUT2D eigenvalue weighted by molar-refractivity contribution is 0.101. The Morgan fingerprint density at radius 2 is 2.00 bits per heavy atom. The first-order valence-corrected chi connectivity index (χ1v) is 12.6. The molecule has 0 spiro atoms. The van der Waals surface area contributed by atoms with E-state index in [1.807, 2.05) is 30.3 Å². The summed E-state index contributed by atoms with van der Waals surface area (Å²) in [5, 5.41) is 5.18. The number of nitrogens with zero attached hydrogens (tertiary/aromatic N) is 5. The monoisotopic (exact) mass is 521 g/mol. The Kier molecular flexibility index (Phi) is 6.61. The Labute approximate surface area is 207 Å². The van der Waals surface area contributed by atoms with Crippen molar-refractivity contribution in [1.82, 2.24) is 24.6 Å². The summed E-state index contributed by atoms with van der Waals surface area (Å²) in [6, 6.07) is 9.90. The van der Waals surface area contributed by atoms with Crippen LogP contribution in [0, 0.1) is 6.92 Å². The quantitative estimate of drug-likeness (QED) is 0.293. The molecule has 0 radical (unpaired) electrons. The van der Waals surface area contributed by atoms with Gasteiger partial charge in [-0.15, -0.1) is 0 Å². The maximum Gasteiger partial charge on any atom is 0.230 e. The van der Waals surface area contributed by atoms with Gasteiger partial charge in [-0.3, -0.25) is 9.78 Å². The van der Waals surface area contributed by atoms with Crippen molar-refractivity contribution in [3.63, 3.8) is 0 Å². The highest BCUT2D eigenvalue weighted by Gasteiger charge is 2.25. The van der Waals surface area contributed by atoms with Crippen LogP contribution in [0.3, 0.4) is 0 Å². The van der Waals surface area contributed by atoms with Crippen LogP contribution in [0.2, 0.25) is 0 Å². The second-order valence-corrected chi connectivity index (χ2v) is 9.83. The first-order chi connectivity index (χ1) is 16.5. The van der Waals surface area contributed by atoms with Gasteiger partial charge in [-0.2, -0.15) is 4.98 Å². The first-order valence-electron chi connectivity index (χ1n) is 11.8. The van der Waals surface area contributed by atoms with Crippen LogP contribution < -0.4 is 0 Å². The van der Waals surface area contributed by atoms with E-state index in [-0.39, 0.29) is 5.78 Å². The average molecular weight is 522 g/mol. The molecule has 1 saturated heterocycles. The number of pyridine rings is 1. The molecule has 7 nitrogen and oxygen atoms in total. The number of benzene rings is 1. The number of carbonyl (C=O) groups excluding carboxylic acids is 1. The second kappa shape index (κ2) is 9.80. The standard InChI is InChI=1S/C26H28BrN5O2/c1-17-23(18(2)33)21-7-3-8-22(27)24(21)32(17)13-5-12-31-14-9-19(10-15-31)26-29-25(30-34-26)20-6-4-11-28-16-20/h3-4,6-8,11,16,19H,5,9-10,12-15H2,1-2H3. The largest absolute Gasteiger partial charge is 0.343 e. The minimum atomic E-state index is 0.120. The molecule has 0 amide bonds. The van der Waals surface area contributed by atoms with Gasteiger partial charge in [0.2, 0.25) is 11.7 Å². The lowest BCUT2D eigenvalue weighted by Gasteiger charge is -2.30. The van der Waals surface area contributed by atoms with Gasteiger partial charge in [0.15, 0.2) is 5.78 Å². The van der Waals surface area contributed by atoms with Gasteiger partial charge in [-0.25, -0.2) is 0 Å². The fraction of sp³-hybridized carbons (Fsp3) is 0.385. The molecule has 176 valence electrons. The van der Waals surface area contributed by atoms with E-state index >= 15 is 0 Å². The summed E-state index contributed by atoms with van der Waals surface area (Å²) in [7, 11) is 0. The molecule has 0 atom stereocenters. The highest BCUT2D eigenvalue weighted by atomic mass is 79.9. The number of likely N-dealkylation sites (tertiary alicyclic amines) is 1. The van der Waals surface area contributed by atoms with Gasteiger partial charge >= 0.3 is 0 Å². The summed E-state index contributed by atoms with van der Waals surface area (Å²) >= 11 is 3.69. The molecule has 4 heterocycles. The smallest absolute Gasteiger partial charge is 0.230 e. The molecule has 0 unspecified atom stereocenters. The van der Waals surface area contributed by atoms with Gasteiger partial charge in [0, 0.05) is 51.5 Å². The molecule has 5 rings (SSSR count). The number of piperidine rings is 1. The Morgan fingerprint density at radius 1 is 1.18 bits per heavy atom. The molecule has 3 aromatic heterocycles. The fourth-order valence-electron chi connectivity index (χ4n) is 5.08. The van der Waals surface area contributed by atoms with Crippen LogP contribution in [0.25, 0.3) is 22.3 Å². The topological polar surface area (TPSA) is 77.1 Å². The molecule has 8 heteroatoms. The lowest BCUT2D eigenvalue weighted by atomic mass is 9.96. The summed E-state index contributed by atoms with van der Waals surface area (Å²) < 4.78 is 8.90. The van der Waals surface area contributed by atoms with Crippen LogP contribution in [0.1, 0.15) is 54.0 Å². The van der Waals surface area contributed by atoms with E-state index in [0.29, 0.717) is 11.7 Å². The van der Waals surface area contributed by atoms with Crippen molar-refractivity contribution in [2.75, 3.05) is 19.6 Å². The van der Waals surface area contributed by atoms with E-state index in [2.05, 4.69) is 47.4 Å². The number of para-hydroxylation sites is 1. The van der Waals surface area contributed by atoms with Crippen LogP contribution in [-0.2, 0) is 6.54 Å². The third-order valence-electron chi connectivity index (χ3n) is 6.80. The zero-order valence-electron chi connectivity index (χ0n) is 19.5.